The molecule has 0 N–H and O–H groups in total. The minimum atomic E-state index is 0.215. The Morgan fingerprint density at radius 2 is 1.92 bits per heavy atom. The average Bonchev–Trinajstić information content (AvgIpc) is 2.92. The quantitative estimate of drug-likeness (QED) is 0.765. The molecule has 4 rings (SSSR count). The molecule has 26 heavy (non-hydrogen) atoms. The van der Waals surface area contributed by atoms with Crippen LogP contribution in [-0.2, 0) is 24.2 Å². The fourth-order valence-electron chi connectivity index (χ4n) is 4.11. The second-order valence-corrected chi connectivity index (χ2v) is 8.33. The molecule has 6 heteroatoms. The van der Waals surface area contributed by atoms with Crippen LogP contribution in [0.4, 0.5) is 0 Å². The van der Waals surface area contributed by atoms with E-state index >= 15 is 0 Å². The summed E-state index contributed by atoms with van der Waals surface area (Å²) in [6.45, 7) is 2.65. The average molecular weight is 417 g/mol. The molecule has 5 nitrogen and oxygen atoms in total. The Morgan fingerprint density at radius 1 is 1.08 bits per heavy atom. The zero-order valence-electron chi connectivity index (χ0n) is 15.0. The van der Waals surface area contributed by atoms with Crippen molar-refractivity contribution in [2.45, 2.75) is 57.4 Å². The van der Waals surface area contributed by atoms with Gasteiger partial charge in [0.05, 0.1) is 6.42 Å². The topological polar surface area (TPSA) is 51.0 Å². The van der Waals surface area contributed by atoms with Gasteiger partial charge in [-0.3, -0.25) is 4.79 Å². The standard InChI is InChI=1S/C20H25BrN4O/c21-17-9-7-15(8-10-17)13-19(26)24-11-4-5-16(14-24)20-23-22-18-6-2-1-3-12-25(18)20/h7-10,16H,1-6,11-14H2. The van der Waals surface area contributed by atoms with Gasteiger partial charge in [-0.15, -0.1) is 10.2 Å². The van der Waals surface area contributed by atoms with Crippen LogP contribution in [0.25, 0.3) is 0 Å². The lowest BCUT2D eigenvalue weighted by Crippen LogP contribution is -2.40. The Kier molecular flexibility index (Phi) is 5.38. The van der Waals surface area contributed by atoms with Crippen molar-refractivity contribution in [3.8, 4) is 0 Å². The molecule has 1 fully saturated rings. The van der Waals surface area contributed by atoms with Gasteiger partial charge in [0.25, 0.3) is 0 Å². The van der Waals surface area contributed by atoms with Gasteiger partial charge < -0.3 is 9.47 Å². The normalized spacial score (nSPS) is 20.5. The number of aryl methyl sites for hydroxylation is 1. The van der Waals surface area contributed by atoms with E-state index in [1.807, 2.05) is 29.2 Å². The third-order valence-electron chi connectivity index (χ3n) is 5.55. The third kappa shape index (κ3) is 3.85. The van der Waals surface area contributed by atoms with Crippen LogP contribution in [0, 0.1) is 0 Å². The third-order valence-corrected chi connectivity index (χ3v) is 6.07. The van der Waals surface area contributed by atoms with Crippen molar-refractivity contribution < 1.29 is 4.79 Å². The molecule has 0 saturated carbocycles. The maximum atomic E-state index is 12.8. The van der Waals surface area contributed by atoms with Crippen LogP contribution in [0.5, 0.6) is 0 Å². The van der Waals surface area contributed by atoms with E-state index in [1.54, 1.807) is 0 Å². The van der Waals surface area contributed by atoms with Gasteiger partial charge in [0.1, 0.15) is 11.6 Å². The number of likely N-dealkylation sites (tertiary alicyclic amines) is 1. The zero-order chi connectivity index (χ0) is 17.9. The van der Waals surface area contributed by atoms with Crippen LogP contribution < -0.4 is 0 Å². The zero-order valence-corrected chi connectivity index (χ0v) is 16.6. The lowest BCUT2D eigenvalue weighted by molar-refractivity contribution is -0.131. The highest BCUT2D eigenvalue weighted by Crippen LogP contribution is 2.28. The van der Waals surface area contributed by atoms with Gasteiger partial charge in [-0.25, -0.2) is 0 Å². The smallest absolute Gasteiger partial charge is 0.227 e. The first-order valence-electron chi connectivity index (χ1n) is 9.65. The summed E-state index contributed by atoms with van der Waals surface area (Å²) in [6.07, 6.45) is 7.33. The van der Waals surface area contributed by atoms with E-state index in [9.17, 15) is 4.79 Å². The molecule has 0 spiro atoms. The molecule has 0 radical (unpaired) electrons. The summed E-state index contributed by atoms with van der Waals surface area (Å²) in [6, 6.07) is 8.02. The highest BCUT2D eigenvalue weighted by atomic mass is 79.9. The van der Waals surface area contributed by atoms with Gasteiger partial charge in [-0.2, -0.15) is 0 Å². The Bertz CT molecular complexity index is 771. The van der Waals surface area contributed by atoms with Crippen molar-refractivity contribution in [1.82, 2.24) is 19.7 Å². The molecule has 2 aromatic rings. The van der Waals surface area contributed by atoms with E-state index < -0.39 is 0 Å². The van der Waals surface area contributed by atoms with E-state index in [0.29, 0.717) is 12.3 Å². The minimum absolute atomic E-state index is 0.215. The molecule has 2 aliphatic heterocycles. The number of hydrogen-bond acceptors (Lipinski definition) is 3. The van der Waals surface area contributed by atoms with Crippen LogP contribution in [0.15, 0.2) is 28.7 Å². The van der Waals surface area contributed by atoms with Gasteiger partial charge >= 0.3 is 0 Å². The number of halogens is 1. The predicted octanol–water partition coefficient (Wildman–Crippen LogP) is 3.72. The monoisotopic (exact) mass is 416 g/mol. The van der Waals surface area contributed by atoms with E-state index in [1.165, 1.54) is 19.3 Å². The number of rotatable bonds is 3. The van der Waals surface area contributed by atoms with Crippen molar-refractivity contribution in [1.29, 1.82) is 0 Å². The van der Waals surface area contributed by atoms with Gasteiger partial charge in [-0.1, -0.05) is 34.5 Å². The van der Waals surface area contributed by atoms with Gasteiger partial charge in [0, 0.05) is 36.4 Å². The summed E-state index contributed by atoms with van der Waals surface area (Å²) in [5.41, 5.74) is 1.07. The Labute approximate surface area is 162 Å². The second-order valence-electron chi connectivity index (χ2n) is 7.42. The van der Waals surface area contributed by atoms with Gasteiger partial charge in [-0.05, 0) is 43.4 Å². The van der Waals surface area contributed by atoms with Crippen LogP contribution in [0.3, 0.4) is 0 Å². The Balaban J connectivity index is 1.45. The number of amides is 1. The molecule has 1 aromatic heterocycles. The van der Waals surface area contributed by atoms with Crippen molar-refractivity contribution in [3.63, 3.8) is 0 Å². The molecule has 1 saturated heterocycles. The second kappa shape index (κ2) is 7.91. The summed E-state index contributed by atoms with van der Waals surface area (Å²) in [5, 5.41) is 8.96. The molecule has 1 amide bonds. The van der Waals surface area contributed by atoms with Crippen molar-refractivity contribution in [2.75, 3.05) is 13.1 Å². The molecular weight excluding hydrogens is 392 g/mol. The largest absolute Gasteiger partial charge is 0.342 e. The Morgan fingerprint density at radius 3 is 2.77 bits per heavy atom. The maximum Gasteiger partial charge on any atom is 0.227 e. The molecule has 1 unspecified atom stereocenters. The fraction of sp³-hybridized carbons (Fsp3) is 0.550. The predicted molar refractivity (Wildman–Crippen MR) is 104 cm³/mol. The summed E-state index contributed by atoms with van der Waals surface area (Å²) >= 11 is 3.44. The highest BCUT2D eigenvalue weighted by Gasteiger charge is 2.29. The number of carbonyl (C=O) groups is 1. The number of hydrogen-bond donors (Lipinski definition) is 0. The summed E-state index contributed by atoms with van der Waals surface area (Å²) < 4.78 is 3.37. The molecule has 138 valence electrons. The van der Waals surface area contributed by atoms with Crippen LogP contribution in [0.2, 0.25) is 0 Å². The molecule has 1 atom stereocenters. The van der Waals surface area contributed by atoms with Crippen LogP contribution in [0.1, 0.15) is 55.2 Å². The van der Waals surface area contributed by atoms with E-state index in [4.69, 9.17) is 0 Å². The summed E-state index contributed by atoms with van der Waals surface area (Å²) in [7, 11) is 0. The summed E-state index contributed by atoms with van der Waals surface area (Å²) in [4.78, 5) is 14.8. The van der Waals surface area contributed by atoms with Crippen molar-refractivity contribution >= 4 is 21.8 Å². The lowest BCUT2D eigenvalue weighted by atomic mass is 9.96. The van der Waals surface area contributed by atoms with E-state index in [2.05, 4.69) is 30.7 Å². The minimum Gasteiger partial charge on any atom is -0.342 e. The molecule has 2 aliphatic rings. The molecule has 0 bridgehead atoms. The first-order valence-corrected chi connectivity index (χ1v) is 10.4. The van der Waals surface area contributed by atoms with Crippen molar-refractivity contribution in [2.24, 2.45) is 0 Å². The number of fused-ring (bicyclic) bond motifs is 1. The molecule has 1 aromatic carbocycles. The van der Waals surface area contributed by atoms with Crippen LogP contribution >= 0.6 is 15.9 Å². The first-order chi connectivity index (χ1) is 12.7. The highest BCUT2D eigenvalue weighted by molar-refractivity contribution is 9.10. The SMILES string of the molecule is O=C(Cc1ccc(Br)cc1)N1CCCC(c2nnc3n2CCCCC3)C1. The number of benzene rings is 1. The van der Waals surface area contributed by atoms with Gasteiger partial charge in [0.2, 0.25) is 5.91 Å². The lowest BCUT2D eigenvalue weighted by Gasteiger charge is -2.32. The number of aromatic nitrogens is 3. The van der Waals surface area contributed by atoms with E-state index in [-0.39, 0.29) is 5.91 Å². The number of piperidine rings is 1. The molecular formula is C20H25BrN4O. The summed E-state index contributed by atoms with van der Waals surface area (Å²) in [5.74, 6) is 2.77. The maximum absolute atomic E-state index is 12.8. The fourth-order valence-corrected chi connectivity index (χ4v) is 4.38. The van der Waals surface area contributed by atoms with Gasteiger partial charge in [0.15, 0.2) is 0 Å². The first kappa shape index (κ1) is 17.7. The number of carbonyl (C=O) groups excluding carboxylic acids is 1. The Hall–Kier alpha value is -1.69. The van der Waals surface area contributed by atoms with E-state index in [0.717, 1.165) is 60.6 Å². The molecule has 0 aliphatic carbocycles. The number of nitrogens with zero attached hydrogens (tertiary/aromatic N) is 4. The molecule has 3 heterocycles. The van der Waals surface area contributed by atoms with Crippen LogP contribution in [-0.4, -0.2) is 38.7 Å². The van der Waals surface area contributed by atoms with Crippen molar-refractivity contribution in [3.05, 3.63) is 46.0 Å².